The molecule has 0 aromatic rings. The number of rotatable bonds is 78. The molecule has 0 radical (unpaired) electrons. The van der Waals surface area contributed by atoms with Crippen molar-refractivity contribution in [1.29, 1.82) is 0 Å². The normalized spacial score (nSPS) is 13.9. The number of hydrogen-bond acceptors (Lipinski definition) is 15. The standard InChI is InChI=1S/C79H154O17P2/c1-7-9-11-13-15-17-18-19-20-21-22-23-24-25-26-27-34-39-45-51-57-63-78(83)96-75(68-90-77(82)62-56-50-44-38-33-29-28-31-36-41-47-53-59-71(3)4)70-94-98(87,88)92-66-73(80)65-91-97(85,86)93-69-74(67-89-76(81)61-55-49-43-16-14-12-10-8-2)95-79(84)64-58-52-46-40-35-30-32-37-42-48-54-60-72(5)6/h71-75,80H,7-70H2,1-6H3,(H,85,86)(H,87,88)/t73-,74+,75+/m0/s1. The number of hydrogen-bond donors (Lipinski definition) is 3. The van der Waals surface area contributed by atoms with Crippen LogP contribution in [0.5, 0.6) is 0 Å². The summed E-state index contributed by atoms with van der Waals surface area (Å²) in [6.07, 6.45) is 59.8. The first-order chi connectivity index (χ1) is 47.4. The maximum Gasteiger partial charge on any atom is 0.472 e. The smallest absolute Gasteiger partial charge is 0.462 e. The van der Waals surface area contributed by atoms with Gasteiger partial charge in [0.05, 0.1) is 26.4 Å². The van der Waals surface area contributed by atoms with Crippen LogP contribution in [0.15, 0.2) is 0 Å². The molecule has 17 nitrogen and oxygen atoms in total. The molecule has 3 N–H and O–H groups in total. The predicted octanol–water partition coefficient (Wildman–Crippen LogP) is 23.5. The SMILES string of the molecule is CCCCCCCCCCCCCCCCCCCCCCCC(=O)O[C@H](COC(=O)CCCCCCCCCCCCCCC(C)C)COP(=O)(O)OC[C@@H](O)COP(=O)(O)OC[C@@H](COC(=O)CCCCCCCCCC)OC(=O)CCCCCCCCCCCCCC(C)C. The number of aliphatic hydroxyl groups excluding tert-OH is 1. The molecule has 0 saturated heterocycles. The Bertz CT molecular complexity index is 1890. The molecule has 0 aliphatic heterocycles. The fourth-order valence-electron chi connectivity index (χ4n) is 12.2. The Hall–Kier alpha value is -1.94. The average Bonchev–Trinajstić information content (AvgIpc) is 1.07. The minimum absolute atomic E-state index is 0.106. The van der Waals surface area contributed by atoms with Crippen molar-refractivity contribution in [3.8, 4) is 0 Å². The number of esters is 4. The summed E-state index contributed by atoms with van der Waals surface area (Å²) >= 11 is 0. The number of aliphatic hydroxyl groups is 1. The molecule has 0 aromatic heterocycles. The fourth-order valence-corrected chi connectivity index (χ4v) is 13.8. The first-order valence-corrected chi connectivity index (χ1v) is 44.0. The van der Waals surface area contributed by atoms with E-state index >= 15 is 0 Å². The number of ether oxygens (including phenoxy) is 4. The van der Waals surface area contributed by atoms with Crippen molar-refractivity contribution >= 4 is 39.5 Å². The van der Waals surface area contributed by atoms with Crippen LogP contribution in [-0.4, -0.2) is 96.7 Å². The summed E-state index contributed by atoms with van der Waals surface area (Å²) in [5.74, 6) is -0.567. The van der Waals surface area contributed by atoms with Crippen molar-refractivity contribution in [3.05, 3.63) is 0 Å². The van der Waals surface area contributed by atoms with Gasteiger partial charge in [-0.05, 0) is 37.5 Å². The van der Waals surface area contributed by atoms with E-state index in [0.717, 1.165) is 108 Å². The quantitative estimate of drug-likeness (QED) is 0.0222. The van der Waals surface area contributed by atoms with E-state index in [1.165, 1.54) is 225 Å². The Morgan fingerprint density at radius 2 is 0.469 bits per heavy atom. The van der Waals surface area contributed by atoms with Crippen molar-refractivity contribution in [2.24, 2.45) is 11.8 Å². The van der Waals surface area contributed by atoms with Crippen LogP contribution in [0.1, 0.15) is 414 Å². The highest BCUT2D eigenvalue weighted by Crippen LogP contribution is 2.45. The second-order valence-corrected chi connectivity index (χ2v) is 32.3. The van der Waals surface area contributed by atoms with Gasteiger partial charge in [-0.2, -0.15) is 0 Å². The van der Waals surface area contributed by atoms with Crippen LogP contribution < -0.4 is 0 Å². The zero-order chi connectivity index (χ0) is 72.1. The Labute approximate surface area is 600 Å². The Morgan fingerprint density at radius 1 is 0.276 bits per heavy atom. The Balaban J connectivity index is 5.19. The summed E-state index contributed by atoms with van der Waals surface area (Å²) in [7, 11) is -9.91. The molecular weight excluding hydrogens is 1280 g/mol. The van der Waals surface area contributed by atoms with Crippen LogP contribution in [0.3, 0.4) is 0 Å². The van der Waals surface area contributed by atoms with Gasteiger partial charge in [0.25, 0.3) is 0 Å². The van der Waals surface area contributed by atoms with E-state index in [2.05, 4.69) is 41.5 Å². The molecule has 0 bridgehead atoms. The molecule has 0 spiro atoms. The van der Waals surface area contributed by atoms with Crippen molar-refractivity contribution in [2.45, 2.75) is 432 Å². The van der Waals surface area contributed by atoms with Gasteiger partial charge in [-0.3, -0.25) is 37.3 Å². The highest BCUT2D eigenvalue weighted by Gasteiger charge is 2.30. The van der Waals surface area contributed by atoms with Gasteiger partial charge in [0.15, 0.2) is 12.2 Å². The summed E-state index contributed by atoms with van der Waals surface area (Å²) in [5.41, 5.74) is 0. The third-order valence-corrected chi connectivity index (χ3v) is 20.4. The first-order valence-electron chi connectivity index (χ1n) is 41.0. The Morgan fingerprint density at radius 3 is 0.694 bits per heavy atom. The van der Waals surface area contributed by atoms with Gasteiger partial charge < -0.3 is 33.8 Å². The topological polar surface area (TPSA) is 237 Å². The van der Waals surface area contributed by atoms with Crippen molar-refractivity contribution in [1.82, 2.24) is 0 Å². The van der Waals surface area contributed by atoms with E-state index in [1.54, 1.807) is 0 Å². The van der Waals surface area contributed by atoms with Gasteiger partial charge in [-0.1, -0.05) is 363 Å². The van der Waals surface area contributed by atoms with Crippen LogP contribution in [-0.2, 0) is 65.4 Å². The lowest BCUT2D eigenvalue weighted by molar-refractivity contribution is -0.161. The van der Waals surface area contributed by atoms with Crippen LogP contribution in [0.4, 0.5) is 0 Å². The fraction of sp³-hybridized carbons (Fsp3) is 0.949. The summed E-state index contributed by atoms with van der Waals surface area (Å²) in [6.45, 7) is 9.60. The maximum absolute atomic E-state index is 13.1. The van der Waals surface area contributed by atoms with Gasteiger partial charge in [0, 0.05) is 25.7 Å². The van der Waals surface area contributed by atoms with Gasteiger partial charge in [0.1, 0.15) is 19.3 Å². The van der Waals surface area contributed by atoms with Crippen molar-refractivity contribution < 1.29 is 80.2 Å². The van der Waals surface area contributed by atoms with Crippen LogP contribution in [0.2, 0.25) is 0 Å². The monoisotopic (exact) mass is 1440 g/mol. The minimum Gasteiger partial charge on any atom is -0.462 e. The summed E-state index contributed by atoms with van der Waals surface area (Å²) in [6, 6.07) is 0. The zero-order valence-electron chi connectivity index (χ0n) is 64.1. The number of phosphoric ester groups is 2. The summed E-state index contributed by atoms with van der Waals surface area (Å²) in [5, 5.41) is 10.6. The number of carbonyl (C=O) groups is 4. The van der Waals surface area contributed by atoms with E-state index in [0.29, 0.717) is 25.7 Å². The molecular formula is C79H154O17P2. The summed E-state index contributed by atoms with van der Waals surface area (Å²) in [4.78, 5) is 72.8. The van der Waals surface area contributed by atoms with E-state index in [9.17, 15) is 43.2 Å². The van der Waals surface area contributed by atoms with Crippen LogP contribution >= 0.6 is 15.6 Å². The second-order valence-electron chi connectivity index (χ2n) is 29.4. The van der Waals surface area contributed by atoms with E-state index in [-0.39, 0.29) is 25.7 Å². The lowest BCUT2D eigenvalue weighted by atomic mass is 10.0. The van der Waals surface area contributed by atoms with Crippen molar-refractivity contribution in [3.63, 3.8) is 0 Å². The zero-order valence-corrected chi connectivity index (χ0v) is 65.9. The van der Waals surface area contributed by atoms with Gasteiger partial charge in [0.2, 0.25) is 0 Å². The van der Waals surface area contributed by atoms with E-state index in [4.69, 9.17) is 37.0 Å². The molecule has 0 amide bonds. The predicted molar refractivity (Wildman–Crippen MR) is 400 cm³/mol. The molecule has 5 atom stereocenters. The van der Waals surface area contributed by atoms with E-state index in [1.807, 2.05) is 0 Å². The molecule has 0 aliphatic carbocycles. The van der Waals surface area contributed by atoms with Crippen molar-refractivity contribution in [2.75, 3.05) is 39.6 Å². The molecule has 0 heterocycles. The minimum atomic E-state index is -4.96. The second kappa shape index (κ2) is 70.7. The lowest BCUT2D eigenvalue weighted by Crippen LogP contribution is -2.30. The summed E-state index contributed by atoms with van der Waals surface area (Å²) < 4.78 is 68.6. The molecule has 2 unspecified atom stereocenters. The molecule has 0 aromatic carbocycles. The van der Waals surface area contributed by atoms with Gasteiger partial charge >= 0.3 is 39.5 Å². The highest BCUT2D eigenvalue weighted by atomic mass is 31.2. The first kappa shape index (κ1) is 96.1. The largest absolute Gasteiger partial charge is 0.472 e. The third-order valence-electron chi connectivity index (χ3n) is 18.5. The molecule has 0 saturated carbocycles. The number of unbranched alkanes of at least 4 members (excludes halogenated alkanes) is 48. The van der Waals surface area contributed by atoms with Gasteiger partial charge in [-0.15, -0.1) is 0 Å². The molecule has 98 heavy (non-hydrogen) atoms. The maximum atomic E-state index is 13.1. The number of phosphoric acid groups is 2. The number of carbonyl (C=O) groups excluding carboxylic acids is 4. The molecule has 0 rings (SSSR count). The van der Waals surface area contributed by atoms with Crippen LogP contribution in [0.25, 0.3) is 0 Å². The molecule has 0 fully saturated rings. The average molecular weight is 1440 g/mol. The Kier molecular flexibility index (Phi) is 69.3. The molecule has 582 valence electrons. The molecule has 0 aliphatic rings. The van der Waals surface area contributed by atoms with E-state index < -0.39 is 97.5 Å². The third kappa shape index (κ3) is 72.4. The van der Waals surface area contributed by atoms with Gasteiger partial charge in [-0.25, -0.2) is 9.13 Å². The lowest BCUT2D eigenvalue weighted by Gasteiger charge is -2.21. The van der Waals surface area contributed by atoms with Crippen LogP contribution in [0, 0.1) is 11.8 Å². The molecule has 19 heteroatoms. The highest BCUT2D eigenvalue weighted by molar-refractivity contribution is 7.47.